The molecule has 0 aliphatic rings. The van der Waals surface area contributed by atoms with Crippen molar-refractivity contribution >= 4 is 16.8 Å². The van der Waals surface area contributed by atoms with Crippen LogP contribution in [0, 0.1) is 20.8 Å². The van der Waals surface area contributed by atoms with Gasteiger partial charge >= 0.3 is 0 Å². The molecular formula is C20H21N3O3. The van der Waals surface area contributed by atoms with Gasteiger partial charge in [0.25, 0.3) is 11.5 Å². The number of nitrogens with one attached hydrogen (secondary N) is 2. The van der Waals surface area contributed by atoms with E-state index in [1.54, 1.807) is 19.9 Å². The first kappa shape index (κ1) is 17.7. The fourth-order valence-corrected chi connectivity index (χ4v) is 2.88. The number of carbonyl (C=O) groups is 1. The largest absolute Gasteiger partial charge is 0.489 e. The van der Waals surface area contributed by atoms with Crippen LogP contribution in [0.15, 0.2) is 41.2 Å². The van der Waals surface area contributed by atoms with Gasteiger partial charge in [-0.2, -0.15) is 0 Å². The summed E-state index contributed by atoms with van der Waals surface area (Å²) in [6, 6.07) is 11.5. The maximum atomic E-state index is 12.3. The van der Waals surface area contributed by atoms with Crippen LogP contribution >= 0.6 is 0 Å². The number of pyridine rings is 2. The van der Waals surface area contributed by atoms with Crippen LogP contribution in [0.4, 0.5) is 0 Å². The van der Waals surface area contributed by atoms with E-state index in [0.717, 1.165) is 22.3 Å². The first-order valence-corrected chi connectivity index (χ1v) is 8.43. The van der Waals surface area contributed by atoms with Crippen LogP contribution < -0.4 is 15.6 Å². The Hall–Kier alpha value is -3.15. The van der Waals surface area contributed by atoms with Gasteiger partial charge < -0.3 is 15.0 Å². The van der Waals surface area contributed by atoms with Gasteiger partial charge in [0.05, 0.1) is 6.54 Å². The second-order valence-electron chi connectivity index (χ2n) is 6.22. The zero-order valence-corrected chi connectivity index (χ0v) is 15.1. The highest BCUT2D eigenvalue weighted by atomic mass is 16.5. The highest BCUT2D eigenvalue weighted by Crippen LogP contribution is 2.23. The molecule has 2 N–H and O–H groups in total. The van der Waals surface area contributed by atoms with E-state index in [1.165, 1.54) is 0 Å². The molecule has 0 aliphatic carbocycles. The van der Waals surface area contributed by atoms with Crippen LogP contribution in [0.25, 0.3) is 10.9 Å². The standard InChI is InChI=1S/C20H21N3O3/c1-12-11-14(3)23-20(25)17(12)19(24)21-9-10-26-16-6-4-5-15-8-7-13(2)22-18(15)16/h4-8,11H,9-10H2,1-3H3,(H,21,24)(H,23,25). The third-order valence-electron chi connectivity index (χ3n) is 4.06. The van der Waals surface area contributed by atoms with Crippen molar-refractivity contribution in [3.05, 3.63) is 69.3 Å². The van der Waals surface area contributed by atoms with Crippen LogP contribution in [0.3, 0.4) is 0 Å². The summed E-state index contributed by atoms with van der Waals surface area (Å²) in [5.74, 6) is 0.268. The summed E-state index contributed by atoms with van der Waals surface area (Å²) < 4.78 is 5.78. The summed E-state index contributed by atoms with van der Waals surface area (Å²) in [5, 5.41) is 3.72. The Labute approximate surface area is 151 Å². The number of benzene rings is 1. The smallest absolute Gasteiger partial charge is 0.261 e. The normalized spacial score (nSPS) is 10.7. The SMILES string of the molecule is Cc1ccc2cccc(OCCNC(=O)c3c(C)cc(C)[nH]c3=O)c2n1. The van der Waals surface area contributed by atoms with Crippen molar-refractivity contribution in [2.75, 3.05) is 13.2 Å². The molecule has 1 aromatic carbocycles. The number of fused-ring (bicyclic) bond motifs is 1. The van der Waals surface area contributed by atoms with Gasteiger partial charge in [-0.25, -0.2) is 4.98 Å². The molecule has 0 unspecified atom stereocenters. The van der Waals surface area contributed by atoms with Crippen molar-refractivity contribution in [1.29, 1.82) is 0 Å². The zero-order chi connectivity index (χ0) is 18.7. The molecule has 0 saturated heterocycles. The van der Waals surface area contributed by atoms with Gasteiger partial charge in [0, 0.05) is 16.8 Å². The van der Waals surface area contributed by atoms with Crippen LogP contribution in [-0.4, -0.2) is 29.0 Å². The third-order valence-corrected chi connectivity index (χ3v) is 4.06. The van der Waals surface area contributed by atoms with Crippen LogP contribution in [0.5, 0.6) is 5.75 Å². The van der Waals surface area contributed by atoms with Crippen molar-refractivity contribution < 1.29 is 9.53 Å². The number of aryl methyl sites for hydroxylation is 3. The average Bonchev–Trinajstić information content (AvgIpc) is 2.58. The Morgan fingerprint density at radius 3 is 2.77 bits per heavy atom. The minimum Gasteiger partial charge on any atom is -0.489 e. The Kier molecular flexibility index (Phi) is 5.02. The number of aromatic nitrogens is 2. The fraction of sp³-hybridized carbons (Fsp3) is 0.250. The first-order valence-electron chi connectivity index (χ1n) is 8.43. The van der Waals surface area contributed by atoms with Gasteiger partial charge in [-0.1, -0.05) is 18.2 Å². The number of amides is 1. The van der Waals surface area contributed by atoms with Gasteiger partial charge in [-0.15, -0.1) is 0 Å². The third kappa shape index (κ3) is 3.74. The molecule has 0 saturated carbocycles. The quantitative estimate of drug-likeness (QED) is 0.692. The van der Waals surface area contributed by atoms with Gasteiger partial charge in [-0.05, 0) is 44.5 Å². The van der Waals surface area contributed by atoms with E-state index < -0.39 is 5.91 Å². The maximum absolute atomic E-state index is 12.3. The van der Waals surface area contributed by atoms with E-state index in [1.807, 2.05) is 37.3 Å². The minimum absolute atomic E-state index is 0.137. The van der Waals surface area contributed by atoms with Crippen LogP contribution in [0.2, 0.25) is 0 Å². The molecule has 0 aliphatic heterocycles. The molecule has 0 bridgehead atoms. The summed E-state index contributed by atoms with van der Waals surface area (Å²) in [7, 11) is 0. The topological polar surface area (TPSA) is 84.1 Å². The molecule has 3 rings (SSSR count). The molecule has 6 heteroatoms. The predicted octanol–water partition coefficient (Wildman–Crippen LogP) is 2.66. The van der Waals surface area contributed by atoms with Crippen LogP contribution in [0.1, 0.15) is 27.3 Å². The molecule has 26 heavy (non-hydrogen) atoms. The minimum atomic E-state index is -0.403. The van der Waals surface area contributed by atoms with E-state index in [4.69, 9.17) is 4.74 Å². The lowest BCUT2D eigenvalue weighted by atomic mass is 10.1. The molecule has 0 atom stereocenters. The van der Waals surface area contributed by atoms with Crippen molar-refractivity contribution in [3.63, 3.8) is 0 Å². The lowest BCUT2D eigenvalue weighted by Gasteiger charge is -2.11. The van der Waals surface area contributed by atoms with Gasteiger partial charge in [0.1, 0.15) is 23.4 Å². The van der Waals surface area contributed by atoms with Gasteiger partial charge in [0.2, 0.25) is 0 Å². The van der Waals surface area contributed by atoms with Gasteiger partial charge in [-0.3, -0.25) is 9.59 Å². The van der Waals surface area contributed by atoms with Crippen molar-refractivity contribution in [2.24, 2.45) is 0 Å². The maximum Gasteiger partial charge on any atom is 0.261 e. The molecular weight excluding hydrogens is 330 g/mol. The monoisotopic (exact) mass is 351 g/mol. The van der Waals surface area contributed by atoms with Gasteiger partial charge in [0.15, 0.2) is 0 Å². The van der Waals surface area contributed by atoms with Crippen molar-refractivity contribution in [1.82, 2.24) is 15.3 Å². The molecule has 3 aromatic rings. The lowest BCUT2D eigenvalue weighted by Crippen LogP contribution is -2.33. The highest BCUT2D eigenvalue weighted by molar-refractivity contribution is 5.95. The number of para-hydroxylation sites is 1. The van der Waals surface area contributed by atoms with Crippen molar-refractivity contribution in [3.8, 4) is 5.75 Å². The number of hydrogen-bond donors (Lipinski definition) is 2. The number of aromatic amines is 1. The van der Waals surface area contributed by atoms with Crippen molar-refractivity contribution in [2.45, 2.75) is 20.8 Å². The molecule has 0 fully saturated rings. The number of hydrogen-bond acceptors (Lipinski definition) is 4. The Morgan fingerprint density at radius 2 is 2.00 bits per heavy atom. The summed E-state index contributed by atoms with van der Waals surface area (Å²) >= 11 is 0. The first-order chi connectivity index (χ1) is 12.5. The van der Waals surface area contributed by atoms with E-state index >= 15 is 0 Å². The zero-order valence-electron chi connectivity index (χ0n) is 15.1. The number of H-pyrrole nitrogens is 1. The summed E-state index contributed by atoms with van der Waals surface area (Å²) in [4.78, 5) is 31.4. The Balaban J connectivity index is 1.64. The van der Waals surface area contributed by atoms with E-state index in [9.17, 15) is 9.59 Å². The number of carbonyl (C=O) groups excluding carboxylic acids is 1. The van der Waals surface area contributed by atoms with E-state index in [0.29, 0.717) is 11.3 Å². The highest BCUT2D eigenvalue weighted by Gasteiger charge is 2.14. The second kappa shape index (κ2) is 7.39. The molecule has 0 radical (unpaired) electrons. The number of nitrogens with zero attached hydrogens (tertiary/aromatic N) is 1. The predicted molar refractivity (Wildman–Crippen MR) is 101 cm³/mol. The Morgan fingerprint density at radius 1 is 1.19 bits per heavy atom. The second-order valence-corrected chi connectivity index (χ2v) is 6.22. The summed E-state index contributed by atoms with van der Waals surface area (Å²) in [5.41, 5.74) is 2.85. The molecule has 0 spiro atoms. The molecule has 1 amide bonds. The molecule has 134 valence electrons. The number of ether oxygens (including phenoxy) is 1. The fourth-order valence-electron chi connectivity index (χ4n) is 2.88. The lowest BCUT2D eigenvalue weighted by molar-refractivity contribution is 0.0945. The average molecular weight is 351 g/mol. The van der Waals surface area contributed by atoms with E-state index in [2.05, 4.69) is 15.3 Å². The van der Waals surface area contributed by atoms with Crippen LogP contribution in [-0.2, 0) is 0 Å². The summed E-state index contributed by atoms with van der Waals surface area (Å²) in [6.07, 6.45) is 0. The summed E-state index contributed by atoms with van der Waals surface area (Å²) in [6.45, 7) is 6.02. The number of rotatable bonds is 5. The van der Waals surface area contributed by atoms with E-state index in [-0.39, 0.29) is 24.3 Å². The molecule has 6 nitrogen and oxygen atoms in total. The molecule has 2 heterocycles. The molecule has 2 aromatic heterocycles. The Bertz CT molecular complexity index is 1020.